The molecule has 1 aliphatic heterocycles. The smallest absolute Gasteiger partial charge is 0.319 e. The summed E-state index contributed by atoms with van der Waals surface area (Å²) in [6, 6.07) is 17.3. The number of halogens is 2. The maximum absolute atomic E-state index is 13.9. The highest BCUT2D eigenvalue weighted by Gasteiger charge is 2.25. The summed E-state index contributed by atoms with van der Waals surface area (Å²) >= 11 is 3.18. The Bertz CT molecular complexity index is 1150. The second-order valence-electron chi connectivity index (χ2n) is 7.47. The maximum atomic E-state index is 13.9. The number of benzene rings is 3. The van der Waals surface area contributed by atoms with Crippen LogP contribution in [0.25, 0.3) is 0 Å². The molecule has 7 heteroatoms. The third-order valence-corrected chi connectivity index (χ3v) is 5.71. The quantitative estimate of drug-likeness (QED) is 0.522. The van der Waals surface area contributed by atoms with E-state index in [4.69, 9.17) is 0 Å². The summed E-state index contributed by atoms with van der Waals surface area (Å²) in [5.41, 5.74) is 4.68. The maximum Gasteiger partial charge on any atom is 0.319 e. The molecule has 0 bridgehead atoms. The Balaban J connectivity index is 1.43. The van der Waals surface area contributed by atoms with E-state index < -0.39 is 11.8 Å². The largest absolute Gasteiger partial charge is 0.334 e. The van der Waals surface area contributed by atoms with Crippen LogP contribution in [0.2, 0.25) is 0 Å². The molecule has 0 aliphatic carbocycles. The highest BCUT2D eigenvalue weighted by molar-refractivity contribution is 9.10. The number of urea groups is 1. The molecule has 1 heterocycles. The lowest BCUT2D eigenvalue weighted by Crippen LogP contribution is -2.30. The van der Waals surface area contributed by atoms with E-state index in [1.807, 2.05) is 49.4 Å². The van der Waals surface area contributed by atoms with Gasteiger partial charge < -0.3 is 15.5 Å². The Morgan fingerprint density at radius 2 is 1.84 bits per heavy atom. The predicted molar refractivity (Wildman–Crippen MR) is 123 cm³/mol. The number of nitrogens with zero attached hydrogens (tertiary/aromatic N) is 1. The van der Waals surface area contributed by atoms with Gasteiger partial charge in [0.2, 0.25) is 0 Å². The van der Waals surface area contributed by atoms with Crippen molar-refractivity contribution in [1.82, 2.24) is 5.32 Å². The van der Waals surface area contributed by atoms with Crippen molar-refractivity contribution < 1.29 is 14.0 Å². The Hall–Kier alpha value is -3.19. The predicted octanol–water partition coefficient (Wildman–Crippen LogP) is 5.42. The van der Waals surface area contributed by atoms with Gasteiger partial charge in [0, 0.05) is 28.8 Å². The van der Waals surface area contributed by atoms with Crippen molar-refractivity contribution in [3.05, 3.63) is 93.2 Å². The summed E-state index contributed by atoms with van der Waals surface area (Å²) in [5, 5.41) is 5.23. The van der Waals surface area contributed by atoms with Crippen molar-refractivity contribution >= 4 is 39.2 Å². The zero-order valence-electron chi connectivity index (χ0n) is 16.9. The molecule has 0 radical (unpaired) electrons. The minimum atomic E-state index is -0.521. The second-order valence-corrected chi connectivity index (χ2v) is 8.38. The zero-order valence-corrected chi connectivity index (χ0v) is 18.5. The lowest BCUT2D eigenvalue weighted by molar-refractivity contribution is 0.0989. The van der Waals surface area contributed by atoms with Crippen LogP contribution in [0.5, 0.6) is 0 Å². The average Bonchev–Trinajstić information content (AvgIpc) is 3.17. The first kappa shape index (κ1) is 21.1. The van der Waals surface area contributed by atoms with Crippen LogP contribution in [0.3, 0.4) is 0 Å². The minimum Gasteiger partial charge on any atom is -0.334 e. The van der Waals surface area contributed by atoms with Crippen LogP contribution in [0.4, 0.5) is 20.6 Å². The molecular weight excluding hydrogens is 461 g/mol. The van der Waals surface area contributed by atoms with E-state index in [0.29, 0.717) is 16.6 Å². The molecule has 5 nitrogen and oxygen atoms in total. The number of anilines is 2. The molecule has 0 fully saturated rings. The van der Waals surface area contributed by atoms with Crippen molar-refractivity contribution in [1.29, 1.82) is 0 Å². The van der Waals surface area contributed by atoms with Gasteiger partial charge in [-0.3, -0.25) is 4.79 Å². The first-order valence-corrected chi connectivity index (χ1v) is 10.7. The van der Waals surface area contributed by atoms with Crippen molar-refractivity contribution in [2.45, 2.75) is 19.9 Å². The molecule has 31 heavy (non-hydrogen) atoms. The molecule has 0 saturated carbocycles. The van der Waals surface area contributed by atoms with Gasteiger partial charge in [-0.15, -0.1) is 0 Å². The fourth-order valence-electron chi connectivity index (χ4n) is 3.54. The number of carbonyl (C=O) groups is 2. The molecule has 2 N–H and O–H groups in total. The molecule has 0 atom stereocenters. The summed E-state index contributed by atoms with van der Waals surface area (Å²) in [6.07, 6.45) is 0.796. The van der Waals surface area contributed by atoms with Gasteiger partial charge in [-0.2, -0.15) is 0 Å². The van der Waals surface area contributed by atoms with Gasteiger partial charge in [-0.1, -0.05) is 45.8 Å². The Morgan fingerprint density at radius 3 is 2.58 bits per heavy atom. The molecule has 158 valence electrons. The lowest BCUT2D eigenvalue weighted by Gasteiger charge is -2.18. The normalized spacial score (nSPS) is 12.4. The first-order chi connectivity index (χ1) is 14.9. The highest BCUT2D eigenvalue weighted by Crippen LogP contribution is 2.30. The van der Waals surface area contributed by atoms with Crippen LogP contribution in [-0.4, -0.2) is 18.5 Å². The van der Waals surface area contributed by atoms with Crippen LogP contribution >= 0.6 is 15.9 Å². The molecule has 3 aromatic carbocycles. The number of hydrogen-bond acceptors (Lipinski definition) is 2. The number of hydrogen-bond donors (Lipinski definition) is 2. The minimum absolute atomic E-state index is 0.0349. The summed E-state index contributed by atoms with van der Waals surface area (Å²) in [4.78, 5) is 26.9. The van der Waals surface area contributed by atoms with Gasteiger partial charge >= 0.3 is 6.03 Å². The van der Waals surface area contributed by atoms with Gasteiger partial charge in [0.1, 0.15) is 5.82 Å². The van der Waals surface area contributed by atoms with E-state index >= 15 is 0 Å². The lowest BCUT2D eigenvalue weighted by atomic mass is 10.1. The van der Waals surface area contributed by atoms with E-state index in [1.54, 1.807) is 11.0 Å². The monoisotopic (exact) mass is 481 g/mol. The van der Waals surface area contributed by atoms with E-state index in [2.05, 4.69) is 26.6 Å². The molecule has 0 saturated heterocycles. The van der Waals surface area contributed by atoms with E-state index in [0.717, 1.165) is 28.8 Å². The second kappa shape index (κ2) is 8.89. The van der Waals surface area contributed by atoms with Crippen LogP contribution in [0.1, 0.15) is 27.0 Å². The van der Waals surface area contributed by atoms with E-state index in [9.17, 15) is 14.0 Å². The van der Waals surface area contributed by atoms with Crippen LogP contribution in [-0.2, 0) is 13.0 Å². The van der Waals surface area contributed by atoms with Crippen molar-refractivity contribution in [3.63, 3.8) is 0 Å². The van der Waals surface area contributed by atoms with Crippen LogP contribution < -0.4 is 15.5 Å². The number of aryl methyl sites for hydroxylation is 1. The summed E-state index contributed by atoms with van der Waals surface area (Å²) in [7, 11) is 0. The topological polar surface area (TPSA) is 61.4 Å². The van der Waals surface area contributed by atoms with Gasteiger partial charge in [0.25, 0.3) is 5.91 Å². The first-order valence-electron chi connectivity index (χ1n) is 9.91. The van der Waals surface area contributed by atoms with Crippen molar-refractivity contribution in [2.75, 3.05) is 16.8 Å². The third kappa shape index (κ3) is 4.77. The number of nitrogens with one attached hydrogen (secondary N) is 2. The molecule has 4 rings (SSSR count). The van der Waals surface area contributed by atoms with Crippen molar-refractivity contribution in [2.24, 2.45) is 0 Å². The Kier molecular flexibility index (Phi) is 6.04. The average molecular weight is 482 g/mol. The summed E-state index contributed by atoms with van der Waals surface area (Å²) in [6.45, 7) is 2.87. The molecule has 0 aromatic heterocycles. The fourth-order valence-corrected chi connectivity index (χ4v) is 3.87. The summed E-state index contributed by atoms with van der Waals surface area (Å²) in [5.74, 6) is -0.556. The van der Waals surface area contributed by atoms with Crippen LogP contribution in [0.15, 0.2) is 65.1 Å². The summed E-state index contributed by atoms with van der Waals surface area (Å²) < 4.78 is 14.5. The fraction of sp³-hybridized carbons (Fsp3) is 0.167. The number of carbonyl (C=O) groups excluding carboxylic acids is 2. The zero-order chi connectivity index (χ0) is 22.0. The Labute approximate surface area is 188 Å². The standard InChI is InChI=1S/C24H21BrFN3O2/c1-15-2-5-18(6-3-15)23(30)29-11-10-17-7-4-16(12-22(17)29)14-27-24(31)28-21-9-8-19(25)13-20(21)26/h2-9,12-13H,10-11,14H2,1H3,(H2,27,28,31). The van der Waals surface area contributed by atoms with E-state index in [1.165, 1.54) is 12.1 Å². The Morgan fingerprint density at radius 1 is 1.06 bits per heavy atom. The third-order valence-electron chi connectivity index (χ3n) is 5.22. The molecule has 0 spiro atoms. The van der Waals surface area contributed by atoms with Gasteiger partial charge in [-0.05, 0) is 60.9 Å². The number of fused-ring (bicyclic) bond motifs is 1. The molecule has 3 amide bonds. The van der Waals surface area contributed by atoms with E-state index in [-0.39, 0.29) is 18.1 Å². The number of rotatable bonds is 4. The van der Waals surface area contributed by atoms with Gasteiger partial charge in [0.05, 0.1) is 5.69 Å². The highest BCUT2D eigenvalue weighted by atomic mass is 79.9. The van der Waals surface area contributed by atoms with Crippen LogP contribution in [0, 0.1) is 12.7 Å². The molecule has 3 aromatic rings. The SMILES string of the molecule is Cc1ccc(C(=O)N2CCc3ccc(CNC(=O)Nc4ccc(Br)cc4F)cc32)cc1. The van der Waals surface area contributed by atoms with Gasteiger partial charge in [0.15, 0.2) is 0 Å². The molecular formula is C24H21BrFN3O2. The molecule has 1 aliphatic rings. The molecule has 0 unspecified atom stereocenters. The number of amides is 3. The van der Waals surface area contributed by atoms with Crippen molar-refractivity contribution in [3.8, 4) is 0 Å². The van der Waals surface area contributed by atoms with Gasteiger partial charge in [-0.25, -0.2) is 9.18 Å².